The number of carbonyl (C=O) groups excluding carboxylic acids is 1. The molecule has 1 unspecified atom stereocenters. The fraction of sp³-hybridized carbons (Fsp3) is 0.522. The van der Waals surface area contributed by atoms with Gasteiger partial charge in [-0.15, -0.1) is 0 Å². The van der Waals surface area contributed by atoms with Crippen LogP contribution in [0, 0.1) is 22.3 Å². The van der Waals surface area contributed by atoms with Gasteiger partial charge in [0.2, 0.25) is 0 Å². The quantitative estimate of drug-likeness (QED) is 0.223. The van der Waals surface area contributed by atoms with E-state index < -0.39 is 44.0 Å². The van der Waals surface area contributed by atoms with Gasteiger partial charge in [0.25, 0.3) is 0 Å². The van der Waals surface area contributed by atoms with Crippen molar-refractivity contribution in [3.05, 3.63) is 51.5 Å². The number of carbonyl (C=O) groups is 1. The molecule has 10 nitrogen and oxygen atoms in total. The van der Waals surface area contributed by atoms with Crippen LogP contribution in [0.5, 0.6) is 5.75 Å². The highest BCUT2D eigenvalue weighted by molar-refractivity contribution is 7.72. The summed E-state index contributed by atoms with van der Waals surface area (Å²) < 4.78 is 38.3. The van der Waals surface area contributed by atoms with Crippen molar-refractivity contribution in [1.29, 1.82) is 0 Å². The molecule has 13 heteroatoms. The number of aliphatic hydroxyl groups excluding tert-OH is 2. The third-order valence-corrected chi connectivity index (χ3v) is 8.20. The van der Waals surface area contributed by atoms with E-state index in [9.17, 15) is 19.6 Å². The maximum Gasteiger partial charge on any atom is 0.380 e. The Morgan fingerprint density at radius 1 is 1.19 bits per heavy atom. The lowest BCUT2D eigenvalue weighted by Gasteiger charge is -2.24. The molecule has 0 bridgehead atoms. The number of aromatic amines is 1. The number of benzene rings is 1. The van der Waals surface area contributed by atoms with Crippen LogP contribution in [0.2, 0.25) is 0 Å². The third-order valence-electron chi connectivity index (χ3n) is 5.43. The van der Waals surface area contributed by atoms with Crippen molar-refractivity contribution in [3.63, 3.8) is 0 Å². The number of rotatable bonds is 10. The molecule has 6 atom stereocenters. The first-order chi connectivity index (χ1) is 16.9. The number of aromatic nitrogens is 2. The molecule has 198 valence electrons. The summed E-state index contributed by atoms with van der Waals surface area (Å²) in [5.41, 5.74) is 0.701. The highest BCUT2D eigenvalue weighted by atomic mass is 32.1. The number of aliphatic hydroxyl groups is 2. The van der Waals surface area contributed by atoms with E-state index in [0.717, 1.165) is 0 Å². The van der Waals surface area contributed by atoms with Gasteiger partial charge in [-0.05, 0) is 45.1 Å². The first-order valence-electron chi connectivity index (χ1n) is 11.4. The number of H-pyrrole nitrogens is 1. The molecule has 2 aromatic rings. The summed E-state index contributed by atoms with van der Waals surface area (Å²) in [7, 11) is -3.93. The Balaban J connectivity index is 1.77. The molecule has 1 fully saturated rings. The molecule has 1 aliphatic heterocycles. The molecule has 1 aliphatic rings. The highest BCUT2D eigenvalue weighted by Gasteiger charge is 2.45. The van der Waals surface area contributed by atoms with Gasteiger partial charge < -0.3 is 29.2 Å². The van der Waals surface area contributed by atoms with Gasteiger partial charge in [0.15, 0.2) is 11.0 Å². The molecule has 1 aromatic heterocycles. The van der Waals surface area contributed by atoms with E-state index in [4.69, 9.17) is 43.0 Å². The van der Waals surface area contributed by atoms with Crippen LogP contribution in [-0.2, 0) is 23.4 Å². The topological polar surface area (TPSA) is 132 Å². The van der Waals surface area contributed by atoms with Crippen LogP contribution >= 0.6 is 32.0 Å². The molecule has 1 saturated heterocycles. The van der Waals surface area contributed by atoms with Crippen molar-refractivity contribution < 1.29 is 38.1 Å². The summed E-state index contributed by atoms with van der Waals surface area (Å²) >= 11 is 10.5. The number of nitrogens with zero attached hydrogens (tertiary/aromatic N) is 1. The monoisotopic (exact) mass is 558 g/mol. The smallest absolute Gasteiger partial charge is 0.380 e. The fourth-order valence-corrected chi connectivity index (χ4v) is 5.92. The van der Waals surface area contributed by atoms with Gasteiger partial charge in [0.05, 0.1) is 24.8 Å². The lowest BCUT2D eigenvalue weighted by molar-refractivity contribution is -0.151. The number of hydrogen-bond acceptors (Lipinski definition) is 10. The normalized spacial score (nSPS) is 24.3. The molecular formula is C23H31N2O8PS2. The van der Waals surface area contributed by atoms with Gasteiger partial charge in [-0.3, -0.25) is 13.9 Å². The van der Waals surface area contributed by atoms with E-state index in [1.807, 2.05) is 0 Å². The third kappa shape index (κ3) is 7.10. The Labute approximate surface area is 219 Å². The predicted molar refractivity (Wildman–Crippen MR) is 137 cm³/mol. The van der Waals surface area contributed by atoms with Gasteiger partial charge in [-0.25, -0.2) is 4.57 Å². The number of para-hydroxylation sites is 1. The van der Waals surface area contributed by atoms with Crippen LogP contribution in [0.3, 0.4) is 0 Å². The number of esters is 1. The molecule has 1 aromatic carbocycles. The van der Waals surface area contributed by atoms with Crippen molar-refractivity contribution in [1.82, 2.24) is 9.55 Å². The van der Waals surface area contributed by atoms with Crippen molar-refractivity contribution in [3.8, 4) is 5.75 Å². The summed E-state index contributed by atoms with van der Waals surface area (Å²) in [5, 5.41) is 21.3. The Hall–Kier alpha value is -1.92. The van der Waals surface area contributed by atoms with E-state index in [0.29, 0.717) is 10.2 Å². The Bertz CT molecular complexity index is 1220. The molecule has 2 heterocycles. The number of hydrogen-bond donors (Lipinski definition) is 3. The highest BCUT2D eigenvalue weighted by Crippen LogP contribution is 2.50. The van der Waals surface area contributed by atoms with Gasteiger partial charge in [0, 0.05) is 11.8 Å². The van der Waals surface area contributed by atoms with Crippen LogP contribution in [0.25, 0.3) is 0 Å². The van der Waals surface area contributed by atoms with Crippen LogP contribution in [0.15, 0.2) is 36.5 Å². The maximum atomic E-state index is 13.7. The van der Waals surface area contributed by atoms with Crippen molar-refractivity contribution in [2.24, 2.45) is 5.92 Å². The lowest BCUT2D eigenvalue weighted by Crippen LogP contribution is -2.34. The largest absolute Gasteiger partial charge is 0.463 e. The van der Waals surface area contributed by atoms with Gasteiger partial charge in [0.1, 0.15) is 28.7 Å². The number of aryl methyl sites for hydroxylation is 1. The van der Waals surface area contributed by atoms with Crippen molar-refractivity contribution >= 4 is 38.0 Å². The van der Waals surface area contributed by atoms with Crippen LogP contribution in [-0.4, -0.2) is 62.9 Å². The summed E-state index contributed by atoms with van der Waals surface area (Å²) in [6.07, 6.45) is -3.77. The number of ether oxygens (including phenoxy) is 2. The molecule has 0 radical (unpaired) electrons. The standard InChI is InChI=1S/C23H31N2O8PS2/c1-13(2)31-22(28)15(4)12-34(29,33-16-8-6-5-7-9-16)30-11-17-18(26)19(27)21(32-17)25-10-14(3)20(35)24-23(25)36/h5-10,13,15,17-19,21,26-27H,11-12H2,1-4H3,(H,24,35,36)/t15-,17+,18?,19-,21+,34-/m1/s1. The lowest BCUT2D eigenvalue weighted by atomic mass is 10.1. The van der Waals surface area contributed by atoms with Crippen LogP contribution < -0.4 is 4.52 Å². The Morgan fingerprint density at radius 2 is 1.86 bits per heavy atom. The van der Waals surface area contributed by atoms with Crippen molar-refractivity contribution in [2.45, 2.75) is 58.3 Å². The van der Waals surface area contributed by atoms with Gasteiger partial charge >= 0.3 is 13.6 Å². The average molecular weight is 559 g/mol. The van der Waals surface area contributed by atoms with Gasteiger partial charge in [-0.2, -0.15) is 0 Å². The Morgan fingerprint density at radius 3 is 2.50 bits per heavy atom. The minimum atomic E-state index is -3.93. The van der Waals surface area contributed by atoms with E-state index in [2.05, 4.69) is 4.98 Å². The van der Waals surface area contributed by atoms with E-state index in [-0.39, 0.29) is 29.4 Å². The van der Waals surface area contributed by atoms with E-state index in [1.165, 1.54) is 4.57 Å². The zero-order chi connectivity index (χ0) is 26.6. The summed E-state index contributed by atoms with van der Waals surface area (Å²) in [6.45, 7) is 6.40. The predicted octanol–water partition coefficient (Wildman–Crippen LogP) is 4.08. The SMILES string of the molecule is Cc1cn([C@H]2O[C@@H](CO[P@](=O)(C[C@@H](C)C(=O)OC(C)C)Oc3ccccc3)C(O)[C@H]2O)c(=S)[nH]c1=S. The molecule has 0 spiro atoms. The van der Waals surface area contributed by atoms with E-state index in [1.54, 1.807) is 64.2 Å². The summed E-state index contributed by atoms with van der Waals surface area (Å²) in [6, 6.07) is 8.40. The maximum absolute atomic E-state index is 13.7. The van der Waals surface area contributed by atoms with E-state index >= 15 is 0 Å². The second-order valence-electron chi connectivity index (χ2n) is 8.91. The molecule has 3 rings (SSSR count). The number of nitrogens with one attached hydrogen (secondary N) is 1. The minimum Gasteiger partial charge on any atom is -0.463 e. The molecule has 3 N–H and O–H groups in total. The summed E-state index contributed by atoms with van der Waals surface area (Å²) in [5.74, 6) is -1.04. The zero-order valence-corrected chi connectivity index (χ0v) is 22.9. The fourth-order valence-electron chi connectivity index (χ4n) is 3.58. The van der Waals surface area contributed by atoms with Crippen molar-refractivity contribution in [2.75, 3.05) is 12.8 Å². The summed E-state index contributed by atoms with van der Waals surface area (Å²) in [4.78, 5) is 15.2. The Kier molecular flexibility index (Phi) is 9.62. The molecular weight excluding hydrogens is 527 g/mol. The zero-order valence-electron chi connectivity index (χ0n) is 20.4. The minimum absolute atomic E-state index is 0.207. The molecule has 0 amide bonds. The van der Waals surface area contributed by atoms with Crippen LogP contribution in [0.4, 0.5) is 0 Å². The van der Waals surface area contributed by atoms with Gasteiger partial charge in [-0.1, -0.05) is 37.3 Å². The first kappa shape index (κ1) is 28.6. The molecule has 0 saturated carbocycles. The second-order valence-corrected chi connectivity index (χ2v) is 11.7. The average Bonchev–Trinajstić information content (AvgIpc) is 3.08. The molecule has 36 heavy (non-hydrogen) atoms. The van der Waals surface area contributed by atoms with Crippen LogP contribution in [0.1, 0.15) is 32.6 Å². The second kappa shape index (κ2) is 12.1. The molecule has 0 aliphatic carbocycles. The first-order valence-corrected chi connectivity index (χ1v) is 14.0.